The number of anilines is 2. The third-order valence-electron chi connectivity index (χ3n) is 7.98. The number of nitrogens with zero attached hydrogens (tertiary/aromatic N) is 6. The first kappa shape index (κ1) is 26.3. The Balaban J connectivity index is 1.33. The summed E-state index contributed by atoms with van der Waals surface area (Å²) in [6, 6.07) is 9.86. The van der Waals surface area contributed by atoms with E-state index in [0.717, 1.165) is 22.5 Å². The summed E-state index contributed by atoms with van der Waals surface area (Å²) in [5, 5.41) is 13.8. The van der Waals surface area contributed by atoms with Crippen LogP contribution in [0.25, 0.3) is 16.4 Å². The van der Waals surface area contributed by atoms with E-state index < -0.39 is 17.8 Å². The molecule has 1 amide bonds. The highest BCUT2D eigenvalue weighted by molar-refractivity contribution is 6.01. The normalized spacial score (nSPS) is 19.2. The molecule has 9 nitrogen and oxygen atoms in total. The van der Waals surface area contributed by atoms with E-state index in [1.165, 1.54) is 23.9 Å². The predicted octanol–water partition coefficient (Wildman–Crippen LogP) is 4.46. The van der Waals surface area contributed by atoms with Gasteiger partial charge in [-0.2, -0.15) is 13.2 Å². The predicted molar refractivity (Wildman–Crippen MR) is 144 cm³/mol. The van der Waals surface area contributed by atoms with Gasteiger partial charge in [-0.05, 0) is 56.2 Å². The minimum Gasteiger partial charge on any atom is -0.380 e. The first-order valence-electron chi connectivity index (χ1n) is 13.3. The lowest BCUT2D eigenvalue weighted by molar-refractivity contribution is -0.150. The Labute approximate surface area is 228 Å². The van der Waals surface area contributed by atoms with Crippen molar-refractivity contribution in [3.8, 4) is 0 Å². The number of aromatic nitrogens is 4. The van der Waals surface area contributed by atoms with Gasteiger partial charge < -0.3 is 19.9 Å². The Morgan fingerprint density at radius 1 is 1.15 bits per heavy atom. The standard InChI is InChI=1S/C28H30F3N7O2/c1-16-12-36(27(39)19-13-40-14-19)9-10-37(16)20-7-8-22-23(11-20)25(35-38-26(22)32-15-33-38)34-18(3)21-5-4-6-24(17(21)2)28(29,30)31/h4-8,11,15-16,18-19H,9-10,12-14H2,1-3H3,(H,34,35). The summed E-state index contributed by atoms with van der Waals surface area (Å²) in [4.78, 5) is 21.3. The number of amides is 1. The Hall–Kier alpha value is -3.93. The molecule has 2 atom stereocenters. The molecule has 4 aromatic rings. The van der Waals surface area contributed by atoms with Crippen molar-refractivity contribution in [2.75, 3.05) is 43.1 Å². The molecule has 12 heteroatoms. The molecule has 2 saturated heterocycles. The molecule has 2 aromatic heterocycles. The summed E-state index contributed by atoms with van der Waals surface area (Å²) >= 11 is 0. The van der Waals surface area contributed by atoms with Crippen molar-refractivity contribution < 1.29 is 22.7 Å². The minimum absolute atomic E-state index is 0.0351. The van der Waals surface area contributed by atoms with Crippen LogP contribution in [-0.2, 0) is 15.7 Å². The van der Waals surface area contributed by atoms with Crippen molar-refractivity contribution in [3.63, 3.8) is 0 Å². The van der Waals surface area contributed by atoms with Crippen LogP contribution in [0.15, 0.2) is 42.7 Å². The van der Waals surface area contributed by atoms with E-state index in [9.17, 15) is 18.0 Å². The molecule has 0 bridgehead atoms. The molecule has 210 valence electrons. The summed E-state index contributed by atoms with van der Waals surface area (Å²) < 4.78 is 47.3. The number of benzene rings is 2. The van der Waals surface area contributed by atoms with Gasteiger partial charge in [0.1, 0.15) is 6.33 Å². The lowest BCUT2D eigenvalue weighted by Crippen LogP contribution is -2.56. The molecule has 0 aliphatic carbocycles. The summed E-state index contributed by atoms with van der Waals surface area (Å²) in [6.45, 7) is 8.31. The lowest BCUT2D eigenvalue weighted by Gasteiger charge is -2.43. The highest BCUT2D eigenvalue weighted by atomic mass is 19.4. The van der Waals surface area contributed by atoms with Crippen LogP contribution in [0.3, 0.4) is 0 Å². The molecular formula is C28H30F3N7O2. The first-order chi connectivity index (χ1) is 19.1. The van der Waals surface area contributed by atoms with E-state index in [2.05, 4.69) is 32.3 Å². The van der Waals surface area contributed by atoms with Crippen LogP contribution in [-0.4, -0.2) is 69.5 Å². The maximum absolute atomic E-state index is 13.6. The molecule has 6 rings (SSSR count). The topological polar surface area (TPSA) is 87.9 Å². The maximum atomic E-state index is 13.6. The zero-order chi connectivity index (χ0) is 28.2. The number of ether oxygens (including phenoxy) is 1. The molecule has 2 unspecified atom stereocenters. The number of halogens is 3. The fourth-order valence-electron chi connectivity index (χ4n) is 5.73. The van der Waals surface area contributed by atoms with Crippen molar-refractivity contribution in [3.05, 3.63) is 59.4 Å². The van der Waals surface area contributed by atoms with Crippen LogP contribution in [0, 0.1) is 12.8 Å². The number of rotatable bonds is 5. The van der Waals surface area contributed by atoms with Gasteiger partial charge >= 0.3 is 6.18 Å². The number of alkyl halides is 3. The molecule has 2 fully saturated rings. The quantitative estimate of drug-likeness (QED) is 0.391. The Morgan fingerprint density at radius 3 is 2.65 bits per heavy atom. The molecule has 0 spiro atoms. The van der Waals surface area contributed by atoms with E-state index >= 15 is 0 Å². The average molecular weight is 554 g/mol. The van der Waals surface area contributed by atoms with E-state index in [1.54, 1.807) is 6.07 Å². The van der Waals surface area contributed by atoms with Gasteiger partial charge in [-0.1, -0.05) is 12.1 Å². The van der Waals surface area contributed by atoms with Gasteiger partial charge in [0, 0.05) is 42.1 Å². The number of carbonyl (C=O) groups excluding carboxylic acids is 1. The van der Waals surface area contributed by atoms with Crippen molar-refractivity contribution in [2.24, 2.45) is 5.92 Å². The summed E-state index contributed by atoms with van der Waals surface area (Å²) in [6.07, 6.45) is -3.01. The number of fused-ring (bicyclic) bond motifs is 3. The monoisotopic (exact) mass is 553 g/mol. The molecule has 2 aromatic carbocycles. The summed E-state index contributed by atoms with van der Waals surface area (Å²) in [5.41, 5.74) is 1.61. The van der Waals surface area contributed by atoms with Crippen molar-refractivity contribution >= 4 is 33.8 Å². The van der Waals surface area contributed by atoms with Crippen LogP contribution in [0.4, 0.5) is 24.7 Å². The number of nitrogens with one attached hydrogen (secondary N) is 1. The van der Waals surface area contributed by atoms with E-state index in [4.69, 9.17) is 4.74 Å². The second-order valence-corrected chi connectivity index (χ2v) is 10.6. The second kappa shape index (κ2) is 9.92. The second-order valence-electron chi connectivity index (χ2n) is 10.6. The smallest absolute Gasteiger partial charge is 0.380 e. The molecule has 2 aliphatic heterocycles. The number of hydrogen-bond donors (Lipinski definition) is 1. The van der Waals surface area contributed by atoms with Crippen molar-refractivity contribution in [1.82, 2.24) is 24.7 Å². The molecular weight excluding hydrogens is 523 g/mol. The van der Waals surface area contributed by atoms with Crippen LogP contribution in [0.5, 0.6) is 0 Å². The Morgan fingerprint density at radius 2 is 1.95 bits per heavy atom. The average Bonchev–Trinajstić information content (AvgIpc) is 3.35. The van der Waals surface area contributed by atoms with Crippen LogP contribution in [0.2, 0.25) is 0 Å². The zero-order valence-electron chi connectivity index (χ0n) is 22.4. The SMILES string of the molecule is Cc1c(C(C)Nc2nn3ncnc3c3ccc(N4CCN(C(=O)C5COC5)CC4C)cc23)cccc1C(F)(F)F. The zero-order valence-corrected chi connectivity index (χ0v) is 22.4. The van der Waals surface area contributed by atoms with Gasteiger partial charge in [0.15, 0.2) is 11.5 Å². The van der Waals surface area contributed by atoms with Gasteiger partial charge in [0.05, 0.1) is 30.7 Å². The maximum Gasteiger partial charge on any atom is 0.416 e. The molecule has 2 aliphatic rings. The summed E-state index contributed by atoms with van der Waals surface area (Å²) in [7, 11) is 0. The van der Waals surface area contributed by atoms with E-state index in [0.29, 0.717) is 49.9 Å². The van der Waals surface area contributed by atoms with Gasteiger partial charge in [-0.15, -0.1) is 14.8 Å². The summed E-state index contributed by atoms with van der Waals surface area (Å²) in [5.74, 6) is 0.609. The van der Waals surface area contributed by atoms with Crippen molar-refractivity contribution in [2.45, 2.75) is 39.0 Å². The fraction of sp³-hybridized carbons (Fsp3) is 0.429. The highest BCUT2D eigenvalue weighted by Gasteiger charge is 2.35. The third kappa shape index (κ3) is 4.59. The van der Waals surface area contributed by atoms with E-state index in [1.807, 2.05) is 30.0 Å². The lowest BCUT2D eigenvalue weighted by atomic mass is 9.97. The van der Waals surface area contributed by atoms with Gasteiger partial charge in [-0.3, -0.25) is 4.79 Å². The largest absolute Gasteiger partial charge is 0.416 e. The van der Waals surface area contributed by atoms with Gasteiger partial charge in [0.2, 0.25) is 5.91 Å². The number of hydrogen-bond acceptors (Lipinski definition) is 7. The molecule has 4 heterocycles. The Bertz CT molecular complexity index is 1580. The Kier molecular flexibility index (Phi) is 6.52. The molecule has 1 N–H and O–H groups in total. The minimum atomic E-state index is -4.43. The first-order valence-corrected chi connectivity index (χ1v) is 13.3. The third-order valence-corrected chi connectivity index (χ3v) is 7.98. The number of piperazine rings is 1. The van der Waals surface area contributed by atoms with E-state index in [-0.39, 0.29) is 23.4 Å². The molecule has 0 radical (unpaired) electrons. The fourth-order valence-corrected chi connectivity index (χ4v) is 5.73. The van der Waals surface area contributed by atoms with Gasteiger partial charge in [0.25, 0.3) is 0 Å². The van der Waals surface area contributed by atoms with Crippen LogP contribution in [0.1, 0.15) is 36.6 Å². The van der Waals surface area contributed by atoms with Crippen LogP contribution >= 0.6 is 0 Å². The van der Waals surface area contributed by atoms with Gasteiger partial charge in [-0.25, -0.2) is 4.98 Å². The highest BCUT2D eigenvalue weighted by Crippen LogP contribution is 2.36. The molecule has 40 heavy (non-hydrogen) atoms. The van der Waals surface area contributed by atoms with Crippen LogP contribution < -0.4 is 10.2 Å². The molecule has 0 saturated carbocycles. The van der Waals surface area contributed by atoms with Crippen molar-refractivity contribution in [1.29, 1.82) is 0 Å². The number of carbonyl (C=O) groups is 1.